The molecular formula is C17H17ClN4O2. The molecule has 1 aliphatic heterocycles. The van der Waals surface area contributed by atoms with Crippen molar-refractivity contribution in [1.82, 2.24) is 9.97 Å². The Kier molecular flexibility index (Phi) is 4.49. The fraction of sp³-hybridized carbons (Fsp3) is 0.294. The van der Waals surface area contributed by atoms with Crippen molar-refractivity contribution in [3.63, 3.8) is 0 Å². The van der Waals surface area contributed by atoms with E-state index in [0.29, 0.717) is 11.6 Å². The fourth-order valence-corrected chi connectivity index (χ4v) is 2.87. The summed E-state index contributed by atoms with van der Waals surface area (Å²) in [6.07, 6.45) is 0.166. The molecule has 1 saturated heterocycles. The van der Waals surface area contributed by atoms with Crippen LogP contribution in [0, 0.1) is 19.8 Å². The molecule has 0 spiro atoms. The largest absolute Gasteiger partial charge is 0.312 e. The number of nitrogens with one attached hydrogen (secondary N) is 1. The van der Waals surface area contributed by atoms with Crippen LogP contribution in [-0.4, -0.2) is 28.3 Å². The minimum absolute atomic E-state index is 0.0844. The van der Waals surface area contributed by atoms with Crippen LogP contribution in [0.1, 0.15) is 17.8 Å². The molecule has 2 heterocycles. The van der Waals surface area contributed by atoms with Crippen molar-refractivity contribution in [1.29, 1.82) is 0 Å². The van der Waals surface area contributed by atoms with E-state index in [1.807, 2.05) is 19.9 Å². The predicted molar refractivity (Wildman–Crippen MR) is 92.0 cm³/mol. The molecular weight excluding hydrogens is 328 g/mol. The summed E-state index contributed by atoms with van der Waals surface area (Å²) in [6.45, 7) is 4.01. The lowest BCUT2D eigenvalue weighted by atomic mass is 10.1. The van der Waals surface area contributed by atoms with Crippen LogP contribution in [0.15, 0.2) is 30.3 Å². The Morgan fingerprint density at radius 3 is 2.46 bits per heavy atom. The SMILES string of the molecule is Cc1cc(C)nc(NC(=O)C2CC(=O)N(c3ccc(Cl)cc3)C2)n1. The van der Waals surface area contributed by atoms with Crippen molar-refractivity contribution in [2.45, 2.75) is 20.3 Å². The van der Waals surface area contributed by atoms with E-state index in [9.17, 15) is 9.59 Å². The maximum absolute atomic E-state index is 12.4. The van der Waals surface area contributed by atoms with Gasteiger partial charge < -0.3 is 4.90 Å². The van der Waals surface area contributed by atoms with Crippen LogP contribution >= 0.6 is 11.6 Å². The summed E-state index contributed by atoms with van der Waals surface area (Å²) in [6, 6.07) is 8.82. The number of hydrogen-bond donors (Lipinski definition) is 1. The van der Waals surface area contributed by atoms with Crippen molar-refractivity contribution in [2.75, 3.05) is 16.8 Å². The van der Waals surface area contributed by atoms with Gasteiger partial charge in [0.2, 0.25) is 17.8 Å². The molecule has 1 aromatic heterocycles. The minimum Gasteiger partial charge on any atom is -0.312 e. The summed E-state index contributed by atoms with van der Waals surface area (Å²) in [5, 5.41) is 3.31. The van der Waals surface area contributed by atoms with E-state index in [0.717, 1.165) is 17.1 Å². The Labute approximate surface area is 144 Å². The first-order valence-corrected chi connectivity index (χ1v) is 7.99. The smallest absolute Gasteiger partial charge is 0.232 e. The van der Waals surface area contributed by atoms with Gasteiger partial charge in [-0.1, -0.05) is 11.6 Å². The van der Waals surface area contributed by atoms with Gasteiger partial charge in [0.05, 0.1) is 5.92 Å². The van der Waals surface area contributed by atoms with E-state index in [4.69, 9.17) is 11.6 Å². The summed E-state index contributed by atoms with van der Waals surface area (Å²) < 4.78 is 0. The molecule has 24 heavy (non-hydrogen) atoms. The van der Waals surface area contributed by atoms with Gasteiger partial charge in [-0.15, -0.1) is 0 Å². The van der Waals surface area contributed by atoms with Crippen molar-refractivity contribution in [3.05, 3.63) is 46.7 Å². The van der Waals surface area contributed by atoms with E-state index in [1.54, 1.807) is 29.2 Å². The van der Waals surface area contributed by atoms with Gasteiger partial charge in [-0.05, 0) is 44.2 Å². The van der Waals surface area contributed by atoms with Crippen LogP contribution in [0.25, 0.3) is 0 Å². The number of aryl methyl sites for hydroxylation is 2. The highest BCUT2D eigenvalue weighted by molar-refractivity contribution is 6.30. The number of carbonyl (C=O) groups excluding carboxylic acids is 2. The summed E-state index contributed by atoms with van der Waals surface area (Å²) >= 11 is 5.87. The zero-order valence-corrected chi connectivity index (χ0v) is 14.2. The number of aromatic nitrogens is 2. The third-order valence-electron chi connectivity index (χ3n) is 3.85. The Morgan fingerprint density at radius 1 is 1.21 bits per heavy atom. The molecule has 1 atom stereocenters. The quantitative estimate of drug-likeness (QED) is 0.929. The van der Waals surface area contributed by atoms with E-state index in [2.05, 4.69) is 15.3 Å². The number of hydrogen-bond acceptors (Lipinski definition) is 4. The third-order valence-corrected chi connectivity index (χ3v) is 4.10. The first-order valence-electron chi connectivity index (χ1n) is 7.61. The zero-order chi connectivity index (χ0) is 17.3. The van der Waals surface area contributed by atoms with E-state index in [1.165, 1.54) is 0 Å². The van der Waals surface area contributed by atoms with Crippen molar-refractivity contribution in [3.8, 4) is 0 Å². The molecule has 1 aromatic carbocycles. The molecule has 0 aliphatic carbocycles. The molecule has 0 saturated carbocycles. The maximum Gasteiger partial charge on any atom is 0.232 e. The molecule has 124 valence electrons. The highest BCUT2D eigenvalue weighted by atomic mass is 35.5. The first kappa shape index (κ1) is 16.4. The summed E-state index contributed by atoms with van der Waals surface area (Å²) in [5.41, 5.74) is 2.30. The average molecular weight is 345 g/mol. The highest BCUT2D eigenvalue weighted by Crippen LogP contribution is 2.26. The van der Waals surface area contributed by atoms with E-state index in [-0.39, 0.29) is 24.2 Å². The van der Waals surface area contributed by atoms with Gasteiger partial charge in [0, 0.05) is 35.1 Å². The number of benzene rings is 1. The summed E-state index contributed by atoms with van der Waals surface area (Å²) in [4.78, 5) is 34.6. The Morgan fingerprint density at radius 2 is 1.83 bits per heavy atom. The second-order valence-corrected chi connectivity index (χ2v) is 6.28. The molecule has 1 N–H and O–H groups in total. The second-order valence-electron chi connectivity index (χ2n) is 5.85. The van der Waals surface area contributed by atoms with Gasteiger partial charge in [0.1, 0.15) is 0 Å². The van der Waals surface area contributed by atoms with Gasteiger partial charge in [0.25, 0.3) is 0 Å². The number of anilines is 2. The van der Waals surface area contributed by atoms with Crippen LogP contribution < -0.4 is 10.2 Å². The molecule has 1 fully saturated rings. The molecule has 2 amide bonds. The molecule has 0 bridgehead atoms. The molecule has 7 heteroatoms. The summed E-state index contributed by atoms with van der Waals surface area (Å²) in [7, 11) is 0. The Bertz CT molecular complexity index is 771. The van der Waals surface area contributed by atoms with Crippen molar-refractivity contribution < 1.29 is 9.59 Å². The van der Waals surface area contributed by atoms with Crippen LogP contribution in [0.5, 0.6) is 0 Å². The van der Waals surface area contributed by atoms with Gasteiger partial charge in [-0.2, -0.15) is 0 Å². The molecule has 2 aromatic rings. The molecule has 6 nitrogen and oxygen atoms in total. The van der Waals surface area contributed by atoms with E-state index >= 15 is 0 Å². The number of halogens is 1. The van der Waals surface area contributed by atoms with Crippen LogP contribution in [0.4, 0.5) is 11.6 Å². The van der Waals surface area contributed by atoms with Crippen molar-refractivity contribution in [2.24, 2.45) is 5.92 Å². The highest BCUT2D eigenvalue weighted by Gasteiger charge is 2.35. The number of amides is 2. The monoisotopic (exact) mass is 344 g/mol. The normalized spacial score (nSPS) is 17.2. The molecule has 1 unspecified atom stereocenters. The van der Waals surface area contributed by atoms with Gasteiger partial charge in [-0.3, -0.25) is 14.9 Å². The lowest BCUT2D eigenvalue weighted by molar-refractivity contribution is -0.122. The maximum atomic E-state index is 12.4. The standard InChI is InChI=1S/C17H17ClN4O2/c1-10-7-11(2)20-17(19-10)21-16(24)12-8-15(23)22(9-12)14-5-3-13(18)4-6-14/h3-7,12H,8-9H2,1-2H3,(H,19,20,21,24). The Balaban J connectivity index is 1.70. The minimum atomic E-state index is -0.433. The van der Waals surface area contributed by atoms with Gasteiger partial charge >= 0.3 is 0 Å². The lowest BCUT2D eigenvalue weighted by Gasteiger charge is -2.16. The predicted octanol–water partition coefficient (Wildman–Crippen LogP) is 2.74. The molecule has 1 aliphatic rings. The lowest BCUT2D eigenvalue weighted by Crippen LogP contribution is -2.28. The first-order chi connectivity index (χ1) is 11.4. The second kappa shape index (κ2) is 6.57. The summed E-state index contributed by atoms with van der Waals surface area (Å²) in [5.74, 6) is -0.490. The van der Waals surface area contributed by atoms with Crippen LogP contribution in [-0.2, 0) is 9.59 Å². The zero-order valence-electron chi connectivity index (χ0n) is 13.4. The molecule has 0 radical (unpaired) electrons. The Hall–Kier alpha value is -2.47. The average Bonchev–Trinajstić information content (AvgIpc) is 2.89. The topological polar surface area (TPSA) is 75.2 Å². The van der Waals surface area contributed by atoms with Crippen LogP contribution in [0.2, 0.25) is 5.02 Å². The van der Waals surface area contributed by atoms with Gasteiger partial charge in [0.15, 0.2) is 0 Å². The van der Waals surface area contributed by atoms with Crippen molar-refractivity contribution >= 4 is 35.1 Å². The third kappa shape index (κ3) is 3.54. The van der Waals surface area contributed by atoms with Gasteiger partial charge in [-0.25, -0.2) is 9.97 Å². The fourth-order valence-electron chi connectivity index (χ4n) is 2.75. The van der Waals surface area contributed by atoms with Crippen LogP contribution in [0.3, 0.4) is 0 Å². The number of carbonyl (C=O) groups is 2. The molecule has 3 rings (SSSR count). The van der Waals surface area contributed by atoms with E-state index < -0.39 is 5.92 Å². The number of nitrogens with zero attached hydrogens (tertiary/aromatic N) is 3. The number of rotatable bonds is 3.